The fraction of sp³-hybridized carbons (Fsp3) is 0.571. The normalized spacial score (nSPS) is 11.4. The van der Waals surface area contributed by atoms with Gasteiger partial charge in [-0.2, -0.15) is 8.42 Å². The van der Waals surface area contributed by atoms with E-state index < -0.39 is 16.4 Å². The molecule has 0 rings (SSSR count). The number of aliphatic carboxylic acids is 1. The third kappa shape index (κ3) is 19.3. The van der Waals surface area contributed by atoms with E-state index in [-0.39, 0.29) is 0 Å². The number of hydrogen-bond acceptors (Lipinski definition) is 4. The summed E-state index contributed by atoms with van der Waals surface area (Å²) in [6.07, 6.45) is 2.18. The van der Waals surface area contributed by atoms with Gasteiger partial charge < -0.3 is 10.0 Å². The van der Waals surface area contributed by atoms with Crippen molar-refractivity contribution in [2.75, 3.05) is 14.1 Å². The third-order valence-electron chi connectivity index (χ3n) is 1.07. The first-order valence-electron chi connectivity index (χ1n) is 3.88. The summed E-state index contributed by atoms with van der Waals surface area (Å²) in [5.74, 6) is -0.837. The second-order valence-electron chi connectivity index (χ2n) is 2.72. The minimum Gasteiger partial charge on any atom is -0.478 e. The molecule has 3 N–H and O–H groups in total. The van der Waals surface area contributed by atoms with Gasteiger partial charge in [0.15, 0.2) is 0 Å². The lowest BCUT2D eigenvalue weighted by atomic mass is 10.2. The molecule has 0 bridgehead atoms. The molecule has 0 aromatic carbocycles. The Bertz CT molecular complexity index is 310. The Morgan fingerprint density at radius 3 is 1.73 bits per heavy atom. The van der Waals surface area contributed by atoms with Gasteiger partial charge in [0.25, 0.3) is 0 Å². The second kappa shape index (κ2) is 7.21. The average Bonchev–Trinajstić information content (AvgIpc) is 1.95. The van der Waals surface area contributed by atoms with Crippen molar-refractivity contribution < 1.29 is 27.4 Å². The zero-order valence-corrected chi connectivity index (χ0v) is 9.52. The fourth-order valence-electron chi connectivity index (χ4n) is 0.609. The minimum absolute atomic E-state index is 0.435. The Morgan fingerprint density at radius 2 is 1.67 bits per heavy atom. The summed E-state index contributed by atoms with van der Waals surface area (Å²) in [5.41, 5.74) is 0.435. The van der Waals surface area contributed by atoms with Crippen molar-refractivity contribution >= 4 is 16.4 Å². The highest BCUT2D eigenvalue weighted by molar-refractivity contribution is 7.79. The van der Waals surface area contributed by atoms with E-state index in [2.05, 4.69) is 0 Å². The van der Waals surface area contributed by atoms with Crippen molar-refractivity contribution in [2.24, 2.45) is 0 Å². The topological polar surface area (TPSA) is 115 Å². The summed E-state index contributed by atoms with van der Waals surface area (Å²) in [5, 5.41) is 8.53. The van der Waals surface area contributed by atoms with E-state index in [9.17, 15) is 4.79 Å². The van der Waals surface area contributed by atoms with Crippen LogP contribution in [0.3, 0.4) is 0 Å². The highest BCUT2D eigenvalue weighted by atomic mass is 32.3. The number of carboxylic acid groups (broad SMARTS) is 1. The predicted molar refractivity (Wildman–Crippen MR) is 53.9 cm³/mol. The van der Waals surface area contributed by atoms with Gasteiger partial charge >= 0.3 is 16.4 Å². The Kier molecular flexibility index (Phi) is 7.84. The van der Waals surface area contributed by atoms with Gasteiger partial charge in [0.1, 0.15) is 0 Å². The maximum absolute atomic E-state index is 10.4. The molecule has 0 heterocycles. The van der Waals surface area contributed by atoms with E-state index in [0.717, 1.165) is 0 Å². The lowest BCUT2D eigenvalue weighted by Crippen LogP contribution is -2.07. The molecule has 0 amide bonds. The van der Waals surface area contributed by atoms with Gasteiger partial charge in [-0.1, -0.05) is 6.92 Å². The van der Waals surface area contributed by atoms with Crippen molar-refractivity contribution in [1.82, 2.24) is 4.90 Å². The van der Waals surface area contributed by atoms with Crippen molar-refractivity contribution in [3.8, 4) is 0 Å². The first-order valence-corrected chi connectivity index (χ1v) is 5.28. The highest BCUT2D eigenvalue weighted by Gasteiger charge is 2.02. The number of nitrogens with zero attached hydrogens (tertiary/aromatic N) is 1. The summed E-state index contributed by atoms with van der Waals surface area (Å²) in [4.78, 5) is 12.1. The summed E-state index contributed by atoms with van der Waals surface area (Å²) < 4.78 is 31.6. The highest BCUT2D eigenvalue weighted by Crippen LogP contribution is 2.00. The summed E-state index contributed by atoms with van der Waals surface area (Å²) in [6, 6.07) is 0. The molecule has 0 aliphatic rings. The van der Waals surface area contributed by atoms with Crippen molar-refractivity contribution in [1.29, 1.82) is 0 Å². The molecule has 8 heteroatoms. The van der Waals surface area contributed by atoms with Crippen LogP contribution in [0.4, 0.5) is 0 Å². The van der Waals surface area contributed by atoms with Crippen LogP contribution in [0.1, 0.15) is 13.3 Å². The zero-order chi connectivity index (χ0) is 12.6. The summed E-state index contributed by atoms with van der Waals surface area (Å²) in [6.45, 7) is 1.82. The molecular weight excluding hydrogens is 226 g/mol. The minimum atomic E-state index is -4.67. The molecule has 0 atom stereocenters. The first kappa shape index (κ1) is 16.3. The van der Waals surface area contributed by atoms with Gasteiger partial charge in [-0.15, -0.1) is 0 Å². The van der Waals surface area contributed by atoms with Crippen LogP contribution in [-0.4, -0.2) is 47.6 Å². The van der Waals surface area contributed by atoms with Crippen LogP contribution in [-0.2, 0) is 15.2 Å². The molecule has 0 saturated heterocycles. The SMILES string of the molecule is CCC(=CN(C)C)C(=O)O.O=S(=O)(O)O. The molecule has 0 fully saturated rings. The van der Waals surface area contributed by atoms with E-state index in [1.807, 2.05) is 6.92 Å². The molecule has 0 aliphatic carbocycles. The van der Waals surface area contributed by atoms with Crippen LogP contribution in [0.2, 0.25) is 0 Å². The molecule has 0 spiro atoms. The molecule has 15 heavy (non-hydrogen) atoms. The summed E-state index contributed by atoms with van der Waals surface area (Å²) >= 11 is 0. The van der Waals surface area contributed by atoms with E-state index in [0.29, 0.717) is 12.0 Å². The van der Waals surface area contributed by atoms with Crippen molar-refractivity contribution in [3.63, 3.8) is 0 Å². The molecular formula is C7H15NO6S. The molecule has 0 radical (unpaired) electrons. The summed E-state index contributed by atoms with van der Waals surface area (Å²) in [7, 11) is -1.06. The van der Waals surface area contributed by atoms with Crippen LogP contribution in [0, 0.1) is 0 Å². The number of rotatable bonds is 3. The first-order chi connectivity index (χ1) is 6.57. The van der Waals surface area contributed by atoms with Crippen LogP contribution in [0.15, 0.2) is 11.8 Å². The lowest BCUT2D eigenvalue weighted by molar-refractivity contribution is -0.132. The predicted octanol–water partition coefficient (Wildman–Crippen LogP) is 0.274. The van der Waals surface area contributed by atoms with E-state index in [1.165, 1.54) is 0 Å². The quantitative estimate of drug-likeness (QED) is 0.480. The molecule has 0 saturated carbocycles. The standard InChI is InChI=1S/C7H13NO2.H2O4S/c1-4-6(7(9)10)5-8(2)3;1-5(2,3)4/h5H,4H2,1-3H3,(H,9,10);(H2,1,2,3,4). The van der Waals surface area contributed by atoms with Gasteiger partial charge in [-0.3, -0.25) is 9.11 Å². The number of carbonyl (C=O) groups is 1. The monoisotopic (exact) mass is 241 g/mol. The number of carboxylic acids is 1. The molecule has 0 aliphatic heterocycles. The lowest BCUT2D eigenvalue weighted by Gasteiger charge is -2.05. The number of hydrogen-bond donors (Lipinski definition) is 3. The zero-order valence-electron chi connectivity index (χ0n) is 8.71. The van der Waals surface area contributed by atoms with Crippen LogP contribution in [0.5, 0.6) is 0 Å². The van der Waals surface area contributed by atoms with Crippen LogP contribution >= 0.6 is 0 Å². The van der Waals surface area contributed by atoms with Crippen LogP contribution in [0.25, 0.3) is 0 Å². The van der Waals surface area contributed by atoms with Crippen molar-refractivity contribution in [3.05, 3.63) is 11.8 Å². The van der Waals surface area contributed by atoms with Gasteiger partial charge in [0.2, 0.25) is 0 Å². The van der Waals surface area contributed by atoms with Gasteiger partial charge in [0, 0.05) is 20.3 Å². The Labute approximate surface area is 88.6 Å². The maximum atomic E-state index is 10.4. The van der Waals surface area contributed by atoms with Gasteiger partial charge in [-0.25, -0.2) is 4.79 Å². The molecule has 0 aromatic heterocycles. The Balaban J connectivity index is 0. The molecule has 0 aromatic rings. The molecule has 90 valence electrons. The average molecular weight is 241 g/mol. The maximum Gasteiger partial charge on any atom is 0.394 e. The Morgan fingerprint density at radius 1 is 1.33 bits per heavy atom. The second-order valence-corrected chi connectivity index (χ2v) is 3.62. The molecule has 7 nitrogen and oxygen atoms in total. The van der Waals surface area contributed by atoms with Gasteiger partial charge in [0.05, 0.1) is 5.57 Å². The van der Waals surface area contributed by atoms with E-state index in [1.54, 1.807) is 25.2 Å². The fourth-order valence-corrected chi connectivity index (χ4v) is 0.609. The Hall–Kier alpha value is -1.12. The van der Waals surface area contributed by atoms with Crippen LogP contribution < -0.4 is 0 Å². The third-order valence-corrected chi connectivity index (χ3v) is 1.07. The van der Waals surface area contributed by atoms with Crippen molar-refractivity contribution in [2.45, 2.75) is 13.3 Å². The van der Waals surface area contributed by atoms with E-state index in [4.69, 9.17) is 22.6 Å². The van der Waals surface area contributed by atoms with E-state index >= 15 is 0 Å². The largest absolute Gasteiger partial charge is 0.478 e. The molecule has 0 unspecified atom stereocenters. The van der Waals surface area contributed by atoms with Gasteiger partial charge in [-0.05, 0) is 6.42 Å². The smallest absolute Gasteiger partial charge is 0.394 e.